The van der Waals surface area contributed by atoms with Gasteiger partial charge in [-0.05, 0) is 11.6 Å². The van der Waals surface area contributed by atoms with Gasteiger partial charge in [-0.1, -0.05) is 29.8 Å². The van der Waals surface area contributed by atoms with Crippen molar-refractivity contribution in [1.29, 1.82) is 0 Å². The molecule has 0 bridgehead atoms. The molecule has 1 fully saturated rings. The first kappa shape index (κ1) is 13.2. The minimum Gasteiger partial charge on any atom is -0.480 e. The molecule has 0 spiro atoms. The smallest absolute Gasteiger partial charge is 0.327 e. The van der Waals surface area contributed by atoms with Crippen LogP contribution in [0.2, 0.25) is 5.02 Å². The van der Waals surface area contributed by atoms with Crippen LogP contribution in [0.4, 0.5) is 0 Å². The van der Waals surface area contributed by atoms with Crippen molar-refractivity contribution in [3.05, 3.63) is 34.9 Å². The van der Waals surface area contributed by atoms with Crippen LogP contribution < -0.4 is 0 Å². The van der Waals surface area contributed by atoms with E-state index in [9.17, 15) is 9.59 Å². The molecule has 1 aliphatic rings. The highest BCUT2D eigenvalue weighted by Crippen LogP contribution is 2.23. The average molecular weight is 286 g/mol. The minimum absolute atomic E-state index is 0.143. The number of carboxylic acids is 1. The van der Waals surface area contributed by atoms with Crippen LogP contribution in [-0.4, -0.2) is 39.6 Å². The predicted molar refractivity (Wildman–Crippen MR) is 70.8 cm³/mol. The maximum absolute atomic E-state index is 12.1. The molecule has 0 unspecified atom stereocenters. The summed E-state index contributed by atoms with van der Waals surface area (Å²) in [6.07, 6.45) is 0.143. The van der Waals surface area contributed by atoms with E-state index in [0.717, 1.165) is 5.56 Å². The second kappa shape index (κ2) is 5.63. The maximum atomic E-state index is 12.1. The maximum Gasteiger partial charge on any atom is 0.327 e. The number of carbonyl (C=O) groups excluding carboxylic acids is 1. The quantitative estimate of drug-likeness (QED) is 0.921. The predicted octanol–water partition coefficient (Wildman–Crippen LogP) is 1.87. The first-order chi connectivity index (χ1) is 8.59. The Balaban J connectivity index is 2.08. The number of hydrogen-bond donors (Lipinski definition) is 1. The number of amides is 1. The average Bonchev–Trinajstić information content (AvgIpc) is 2.81. The Morgan fingerprint density at radius 1 is 1.44 bits per heavy atom. The zero-order valence-electron chi connectivity index (χ0n) is 9.51. The first-order valence-electron chi connectivity index (χ1n) is 5.43. The van der Waals surface area contributed by atoms with Crippen molar-refractivity contribution in [3.8, 4) is 0 Å². The molecule has 2 rings (SSSR count). The van der Waals surface area contributed by atoms with Gasteiger partial charge in [-0.25, -0.2) is 4.79 Å². The third kappa shape index (κ3) is 2.79. The Morgan fingerprint density at radius 2 is 2.17 bits per heavy atom. The number of carbonyl (C=O) groups is 2. The summed E-state index contributed by atoms with van der Waals surface area (Å²) in [4.78, 5) is 24.5. The molecule has 6 heteroatoms. The summed E-state index contributed by atoms with van der Waals surface area (Å²) in [6.45, 7) is 0. The summed E-state index contributed by atoms with van der Waals surface area (Å²) in [5.74, 6) is -0.267. The summed E-state index contributed by atoms with van der Waals surface area (Å²) in [7, 11) is 0. The van der Waals surface area contributed by atoms with Crippen molar-refractivity contribution in [2.75, 3.05) is 11.6 Å². The molecule has 1 heterocycles. The lowest BCUT2D eigenvalue weighted by atomic mass is 10.1. The molecule has 0 aromatic heterocycles. The van der Waals surface area contributed by atoms with Gasteiger partial charge in [-0.3, -0.25) is 4.79 Å². The molecule has 1 N–H and O–H groups in total. The number of carboxylic acid groups (broad SMARTS) is 1. The molecule has 0 radical (unpaired) electrons. The molecule has 4 nitrogen and oxygen atoms in total. The topological polar surface area (TPSA) is 57.6 Å². The number of nitrogens with zero attached hydrogens (tertiary/aromatic N) is 1. The van der Waals surface area contributed by atoms with Crippen molar-refractivity contribution in [3.63, 3.8) is 0 Å². The standard InChI is InChI=1S/C12H12ClNO3S/c13-9-4-2-1-3-8(9)5-11(15)14-7-18-6-10(14)12(16)17/h1-4,10H,5-7H2,(H,16,17)/t10-/m0/s1. The van der Waals surface area contributed by atoms with E-state index in [4.69, 9.17) is 16.7 Å². The number of halogens is 1. The lowest BCUT2D eigenvalue weighted by Gasteiger charge is -2.20. The summed E-state index contributed by atoms with van der Waals surface area (Å²) in [5.41, 5.74) is 0.727. The van der Waals surface area contributed by atoms with E-state index in [1.807, 2.05) is 6.07 Å². The number of thioether (sulfide) groups is 1. The van der Waals surface area contributed by atoms with Crippen LogP contribution in [-0.2, 0) is 16.0 Å². The van der Waals surface area contributed by atoms with Crippen LogP contribution in [0.15, 0.2) is 24.3 Å². The fourth-order valence-corrected chi connectivity index (χ4v) is 3.17. The second-order valence-electron chi connectivity index (χ2n) is 3.99. The summed E-state index contributed by atoms with van der Waals surface area (Å²) in [6, 6.07) is 6.38. The molecule has 1 aromatic rings. The molecule has 18 heavy (non-hydrogen) atoms. The lowest BCUT2D eigenvalue weighted by Crippen LogP contribution is -2.42. The molecule has 96 valence electrons. The number of aliphatic carboxylic acids is 1. The normalized spacial score (nSPS) is 18.9. The van der Waals surface area contributed by atoms with Gasteiger partial charge >= 0.3 is 5.97 Å². The molecule has 1 atom stereocenters. The zero-order valence-corrected chi connectivity index (χ0v) is 11.1. The van der Waals surface area contributed by atoms with Gasteiger partial charge in [0.25, 0.3) is 0 Å². The van der Waals surface area contributed by atoms with Crippen molar-refractivity contribution in [1.82, 2.24) is 4.90 Å². The van der Waals surface area contributed by atoms with Crippen molar-refractivity contribution < 1.29 is 14.7 Å². The van der Waals surface area contributed by atoms with Gasteiger partial charge in [0.1, 0.15) is 6.04 Å². The van der Waals surface area contributed by atoms with Gasteiger partial charge in [0, 0.05) is 10.8 Å². The highest BCUT2D eigenvalue weighted by molar-refractivity contribution is 7.99. The van der Waals surface area contributed by atoms with Crippen LogP contribution in [0.25, 0.3) is 0 Å². The Labute approximate surface area is 114 Å². The molecular formula is C12H12ClNO3S. The third-order valence-electron chi connectivity index (χ3n) is 2.79. The zero-order chi connectivity index (χ0) is 13.1. The number of rotatable bonds is 3. The van der Waals surface area contributed by atoms with E-state index in [0.29, 0.717) is 16.7 Å². The van der Waals surface area contributed by atoms with E-state index in [1.54, 1.807) is 18.2 Å². The Kier molecular flexibility index (Phi) is 4.14. The number of hydrogen-bond acceptors (Lipinski definition) is 3. The molecule has 1 amide bonds. The Bertz CT molecular complexity index is 480. The monoisotopic (exact) mass is 285 g/mol. The minimum atomic E-state index is -0.951. The summed E-state index contributed by atoms with van der Waals surface area (Å²) in [5, 5.41) is 9.55. The van der Waals surface area contributed by atoms with Gasteiger partial charge in [0.15, 0.2) is 0 Å². The van der Waals surface area contributed by atoms with Crippen LogP contribution >= 0.6 is 23.4 Å². The van der Waals surface area contributed by atoms with Gasteiger partial charge < -0.3 is 10.0 Å². The van der Waals surface area contributed by atoms with E-state index in [2.05, 4.69) is 0 Å². The highest BCUT2D eigenvalue weighted by Gasteiger charge is 2.34. The van der Waals surface area contributed by atoms with Gasteiger partial charge in [0.05, 0.1) is 12.3 Å². The molecule has 1 saturated heterocycles. The van der Waals surface area contributed by atoms with E-state index < -0.39 is 12.0 Å². The van der Waals surface area contributed by atoms with Crippen LogP contribution in [0.3, 0.4) is 0 Å². The molecule has 0 saturated carbocycles. The van der Waals surface area contributed by atoms with Gasteiger partial charge in [-0.15, -0.1) is 11.8 Å². The fourth-order valence-electron chi connectivity index (χ4n) is 1.80. The van der Waals surface area contributed by atoms with Gasteiger partial charge in [-0.2, -0.15) is 0 Å². The van der Waals surface area contributed by atoms with Crippen LogP contribution in [0, 0.1) is 0 Å². The van der Waals surface area contributed by atoms with Crippen LogP contribution in [0.1, 0.15) is 5.56 Å². The molecule has 0 aliphatic carbocycles. The second-order valence-corrected chi connectivity index (χ2v) is 5.39. The van der Waals surface area contributed by atoms with Gasteiger partial charge in [0.2, 0.25) is 5.91 Å². The lowest BCUT2D eigenvalue weighted by molar-refractivity contribution is -0.147. The largest absolute Gasteiger partial charge is 0.480 e. The van der Waals surface area contributed by atoms with Crippen molar-refractivity contribution in [2.24, 2.45) is 0 Å². The molecular weight excluding hydrogens is 274 g/mol. The van der Waals surface area contributed by atoms with E-state index in [-0.39, 0.29) is 12.3 Å². The SMILES string of the molecule is O=C(O)[C@@H]1CSCN1C(=O)Cc1ccccc1Cl. The summed E-state index contributed by atoms with van der Waals surface area (Å²) >= 11 is 7.43. The van der Waals surface area contributed by atoms with Crippen molar-refractivity contribution in [2.45, 2.75) is 12.5 Å². The van der Waals surface area contributed by atoms with E-state index >= 15 is 0 Å². The van der Waals surface area contributed by atoms with E-state index in [1.165, 1.54) is 16.7 Å². The Morgan fingerprint density at radius 3 is 2.83 bits per heavy atom. The highest BCUT2D eigenvalue weighted by atomic mass is 35.5. The van der Waals surface area contributed by atoms with Crippen molar-refractivity contribution >= 4 is 35.2 Å². The molecule has 1 aliphatic heterocycles. The summed E-state index contributed by atoms with van der Waals surface area (Å²) < 4.78 is 0. The first-order valence-corrected chi connectivity index (χ1v) is 6.96. The van der Waals surface area contributed by atoms with Crippen LogP contribution in [0.5, 0.6) is 0 Å². The fraction of sp³-hybridized carbons (Fsp3) is 0.333. The number of benzene rings is 1. The third-order valence-corrected chi connectivity index (χ3v) is 4.17. The molecule has 1 aromatic carbocycles. The Hall–Kier alpha value is -1.20.